The predicted octanol–water partition coefficient (Wildman–Crippen LogP) is -0.0515. The molecule has 0 aliphatic heterocycles. The van der Waals surface area contributed by atoms with Crippen molar-refractivity contribution in [3.05, 3.63) is 0 Å². The van der Waals surface area contributed by atoms with Crippen LogP contribution in [0.15, 0.2) is 0 Å². The summed E-state index contributed by atoms with van der Waals surface area (Å²) < 4.78 is 0. The molecule has 0 unspecified atom stereocenters. The predicted molar refractivity (Wildman–Crippen MR) is 63.8 cm³/mol. The van der Waals surface area contributed by atoms with E-state index in [1.807, 2.05) is 0 Å². The van der Waals surface area contributed by atoms with Crippen molar-refractivity contribution in [1.29, 1.82) is 0 Å². The van der Waals surface area contributed by atoms with Crippen molar-refractivity contribution in [2.75, 3.05) is 6.54 Å². The van der Waals surface area contributed by atoms with Crippen molar-refractivity contribution in [2.45, 2.75) is 44.1 Å². The first-order valence-corrected chi connectivity index (χ1v) is 6.04. The molecule has 0 atom stereocenters. The molecule has 3 amide bonds. The van der Waals surface area contributed by atoms with Gasteiger partial charge in [-0.05, 0) is 19.3 Å². The number of primary amides is 1. The summed E-state index contributed by atoms with van der Waals surface area (Å²) in [7, 11) is 0. The normalized spacial score (nSPS) is 17.1. The van der Waals surface area contributed by atoms with E-state index in [1.165, 1.54) is 0 Å². The van der Waals surface area contributed by atoms with Gasteiger partial charge in [-0.3, -0.25) is 4.79 Å². The Kier molecular flexibility index (Phi) is 4.94. The number of carbonyl (C=O) groups is 3. The van der Waals surface area contributed by atoms with Gasteiger partial charge in [0.25, 0.3) is 0 Å². The van der Waals surface area contributed by atoms with Crippen molar-refractivity contribution in [1.82, 2.24) is 10.6 Å². The van der Waals surface area contributed by atoms with Crippen molar-refractivity contribution < 1.29 is 19.5 Å². The number of rotatable bonds is 6. The molecule has 7 nitrogen and oxygen atoms in total. The van der Waals surface area contributed by atoms with Gasteiger partial charge in [0.05, 0.1) is 0 Å². The van der Waals surface area contributed by atoms with E-state index in [4.69, 9.17) is 10.8 Å². The summed E-state index contributed by atoms with van der Waals surface area (Å²) in [4.78, 5) is 33.2. The molecule has 1 saturated carbocycles. The Hall–Kier alpha value is -1.79. The number of amides is 3. The molecule has 1 fully saturated rings. The molecule has 18 heavy (non-hydrogen) atoms. The maximum absolute atomic E-state index is 11.6. The lowest BCUT2D eigenvalue weighted by atomic mass is 9.98. The maximum Gasteiger partial charge on any atom is 0.329 e. The first-order valence-electron chi connectivity index (χ1n) is 6.04. The quantitative estimate of drug-likeness (QED) is 0.498. The van der Waals surface area contributed by atoms with E-state index in [-0.39, 0.29) is 6.42 Å². The van der Waals surface area contributed by atoms with Crippen LogP contribution in [0.2, 0.25) is 0 Å². The van der Waals surface area contributed by atoms with Gasteiger partial charge >= 0.3 is 12.0 Å². The van der Waals surface area contributed by atoms with Crippen LogP contribution in [-0.4, -0.2) is 35.1 Å². The number of urea groups is 1. The molecule has 0 radical (unpaired) electrons. The zero-order valence-electron chi connectivity index (χ0n) is 10.2. The topological polar surface area (TPSA) is 122 Å². The van der Waals surface area contributed by atoms with Crippen molar-refractivity contribution in [2.24, 2.45) is 5.73 Å². The van der Waals surface area contributed by atoms with Crippen molar-refractivity contribution >= 4 is 17.9 Å². The third-order valence-electron chi connectivity index (χ3n) is 3.10. The smallest absolute Gasteiger partial charge is 0.329 e. The first kappa shape index (κ1) is 14.3. The van der Waals surface area contributed by atoms with Crippen LogP contribution in [0.5, 0.6) is 0 Å². The number of carboxylic acids is 1. The summed E-state index contributed by atoms with van der Waals surface area (Å²) in [6.07, 6.45) is 3.16. The van der Waals surface area contributed by atoms with E-state index in [0.29, 0.717) is 25.8 Å². The lowest BCUT2D eigenvalue weighted by Gasteiger charge is -2.25. The SMILES string of the molecule is NC(=O)CCCNC(=O)NC1(C(=O)O)CCCC1. The fourth-order valence-electron chi connectivity index (χ4n) is 2.10. The fourth-order valence-corrected chi connectivity index (χ4v) is 2.10. The molecule has 0 aromatic rings. The van der Waals surface area contributed by atoms with Crippen LogP contribution < -0.4 is 16.4 Å². The van der Waals surface area contributed by atoms with Gasteiger partial charge in [0.2, 0.25) is 5.91 Å². The van der Waals surface area contributed by atoms with Crippen LogP contribution in [0, 0.1) is 0 Å². The third-order valence-corrected chi connectivity index (χ3v) is 3.10. The van der Waals surface area contributed by atoms with Crippen LogP contribution in [0.3, 0.4) is 0 Å². The summed E-state index contributed by atoms with van der Waals surface area (Å²) in [5.41, 5.74) is 3.83. The van der Waals surface area contributed by atoms with Gasteiger partial charge in [0.15, 0.2) is 0 Å². The lowest BCUT2D eigenvalue weighted by molar-refractivity contribution is -0.144. The fraction of sp³-hybridized carbons (Fsp3) is 0.727. The second-order valence-electron chi connectivity index (χ2n) is 4.55. The van der Waals surface area contributed by atoms with E-state index in [9.17, 15) is 14.4 Å². The van der Waals surface area contributed by atoms with Crippen LogP contribution in [-0.2, 0) is 9.59 Å². The van der Waals surface area contributed by atoms with E-state index < -0.39 is 23.4 Å². The second kappa shape index (κ2) is 6.23. The van der Waals surface area contributed by atoms with Crippen molar-refractivity contribution in [3.8, 4) is 0 Å². The highest BCUT2D eigenvalue weighted by Crippen LogP contribution is 2.29. The lowest BCUT2D eigenvalue weighted by Crippen LogP contribution is -2.55. The highest BCUT2D eigenvalue weighted by atomic mass is 16.4. The molecule has 0 saturated heterocycles. The Labute approximate surface area is 105 Å². The number of aliphatic carboxylic acids is 1. The molecule has 102 valence electrons. The summed E-state index contributed by atoms with van der Waals surface area (Å²) in [6, 6.07) is -0.510. The van der Waals surface area contributed by atoms with Gasteiger partial charge in [0.1, 0.15) is 5.54 Å². The van der Waals surface area contributed by atoms with Crippen molar-refractivity contribution in [3.63, 3.8) is 0 Å². The van der Waals surface area contributed by atoms with Gasteiger partial charge < -0.3 is 21.5 Å². The average molecular weight is 257 g/mol. The molecule has 0 aromatic heterocycles. The molecular formula is C11H19N3O4. The van der Waals surface area contributed by atoms with Crippen LogP contribution in [0.4, 0.5) is 4.79 Å². The van der Waals surface area contributed by atoms with E-state index in [2.05, 4.69) is 10.6 Å². The highest BCUT2D eigenvalue weighted by molar-refractivity contribution is 5.86. The average Bonchev–Trinajstić information content (AvgIpc) is 2.74. The number of carbonyl (C=O) groups excluding carboxylic acids is 2. The number of carboxylic acid groups (broad SMARTS) is 1. The highest BCUT2D eigenvalue weighted by Gasteiger charge is 2.42. The zero-order chi connectivity index (χ0) is 13.6. The Morgan fingerprint density at radius 2 is 1.83 bits per heavy atom. The minimum absolute atomic E-state index is 0.199. The first-order chi connectivity index (χ1) is 8.46. The number of hydrogen-bond donors (Lipinski definition) is 4. The zero-order valence-corrected chi connectivity index (χ0v) is 10.2. The second-order valence-corrected chi connectivity index (χ2v) is 4.55. The molecule has 0 aromatic carbocycles. The number of nitrogens with two attached hydrogens (primary N) is 1. The van der Waals surface area contributed by atoms with Gasteiger partial charge in [-0.1, -0.05) is 12.8 Å². The molecule has 0 heterocycles. The Bertz CT molecular complexity index is 337. The number of hydrogen-bond acceptors (Lipinski definition) is 3. The van der Waals surface area contributed by atoms with E-state index in [0.717, 1.165) is 12.8 Å². The standard InChI is InChI=1S/C11H19N3O4/c12-8(15)4-3-7-13-10(18)14-11(9(16)17)5-1-2-6-11/h1-7H2,(H2,12,15)(H,16,17)(H2,13,14,18). The van der Waals surface area contributed by atoms with Gasteiger partial charge in [-0.2, -0.15) is 0 Å². The molecule has 5 N–H and O–H groups in total. The monoisotopic (exact) mass is 257 g/mol. The largest absolute Gasteiger partial charge is 0.480 e. The van der Waals surface area contributed by atoms with Crippen LogP contribution >= 0.6 is 0 Å². The molecule has 0 bridgehead atoms. The summed E-state index contributed by atoms with van der Waals surface area (Å²) in [5.74, 6) is -1.41. The molecule has 1 aliphatic carbocycles. The minimum atomic E-state index is -1.13. The molecule has 7 heteroatoms. The summed E-state index contributed by atoms with van der Waals surface area (Å²) in [6.45, 7) is 0.296. The van der Waals surface area contributed by atoms with Gasteiger partial charge in [-0.15, -0.1) is 0 Å². The molecule has 1 rings (SSSR count). The summed E-state index contributed by atoms with van der Waals surface area (Å²) in [5, 5.41) is 14.2. The Balaban J connectivity index is 2.34. The van der Waals surface area contributed by atoms with Crippen LogP contribution in [0.1, 0.15) is 38.5 Å². The third kappa shape index (κ3) is 3.90. The summed E-state index contributed by atoms with van der Waals surface area (Å²) >= 11 is 0. The molecule has 1 aliphatic rings. The molecular weight excluding hydrogens is 238 g/mol. The van der Waals surface area contributed by atoms with Gasteiger partial charge in [0, 0.05) is 13.0 Å². The van der Waals surface area contributed by atoms with E-state index >= 15 is 0 Å². The van der Waals surface area contributed by atoms with Crippen LogP contribution in [0.25, 0.3) is 0 Å². The maximum atomic E-state index is 11.6. The minimum Gasteiger partial charge on any atom is -0.480 e. The van der Waals surface area contributed by atoms with E-state index in [1.54, 1.807) is 0 Å². The molecule has 0 spiro atoms. The number of nitrogens with one attached hydrogen (secondary N) is 2. The van der Waals surface area contributed by atoms with Gasteiger partial charge in [-0.25, -0.2) is 9.59 Å². The Morgan fingerprint density at radius 1 is 1.22 bits per heavy atom. The Morgan fingerprint density at radius 3 is 2.33 bits per heavy atom.